The molecule has 21 heavy (non-hydrogen) atoms. The first-order valence-corrected chi connectivity index (χ1v) is 7.80. The van der Waals surface area contributed by atoms with Crippen molar-refractivity contribution in [1.29, 1.82) is 0 Å². The second kappa shape index (κ2) is 9.50. The summed E-state index contributed by atoms with van der Waals surface area (Å²) in [6.07, 6.45) is 0. The molecule has 0 radical (unpaired) electrons. The normalized spacial score (nSPS) is 10.2. The summed E-state index contributed by atoms with van der Waals surface area (Å²) < 4.78 is 10.2. The van der Waals surface area contributed by atoms with Crippen LogP contribution in [0.3, 0.4) is 0 Å². The molecule has 0 spiro atoms. The van der Waals surface area contributed by atoms with Crippen LogP contribution < -0.4 is 65.3 Å². The van der Waals surface area contributed by atoms with E-state index in [0.717, 1.165) is 0 Å². The zero-order valence-electron chi connectivity index (χ0n) is 10.6. The fraction of sp³-hybridized carbons (Fsp3) is 0. The zero-order chi connectivity index (χ0) is 14.7. The van der Waals surface area contributed by atoms with Crippen molar-refractivity contribution in [1.82, 2.24) is 0 Å². The van der Waals surface area contributed by atoms with E-state index in [1.807, 2.05) is 0 Å². The van der Waals surface area contributed by atoms with Crippen molar-refractivity contribution in [3.05, 3.63) is 56.5 Å². The van der Waals surface area contributed by atoms with Gasteiger partial charge in [-0.3, -0.25) is 0 Å². The minimum Gasteiger partial charge on any atom is -0.765 e. The molecule has 0 aliphatic carbocycles. The molecule has 0 atom stereocenters. The maximum atomic E-state index is 11.8. The number of hydrogen-bond acceptors (Lipinski definition) is 3. The molecule has 9 heteroatoms. The molecule has 0 heterocycles. The smallest absolute Gasteiger partial charge is 0.765 e. The van der Waals surface area contributed by atoms with Crippen LogP contribution in [-0.4, -0.2) is 0 Å². The summed E-state index contributed by atoms with van der Waals surface area (Å²) in [6.45, 7) is 0. The van der Waals surface area contributed by atoms with Crippen molar-refractivity contribution in [3.63, 3.8) is 0 Å². The number of rotatable bonds is 4. The van der Waals surface area contributed by atoms with E-state index >= 15 is 0 Å². The van der Waals surface area contributed by atoms with E-state index in [1.54, 1.807) is 12.1 Å². The summed E-state index contributed by atoms with van der Waals surface area (Å²) in [7, 11) is -2.49. The van der Waals surface area contributed by atoms with Crippen LogP contribution in [0.4, 0.5) is 0 Å². The quantitative estimate of drug-likeness (QED) is 0.575. The Balaban J connectivity index is 0.00000220. The average molecular weight is 410 g/mol. The van der Waals surface area contributed by atoms with Crippen LogP contribution in [0.15, 0.2) is 36.4 Å². The number of hydrogen-bond donors (Lipinski definition) is 0. The van der Waals surface area contributed by atoms with Crippen molar-refractivity contribution < 1.29 is 65.3 Å². The molecular formula is C12H6Cl4KO3P. The van der Waals surface area contributed by atoms with Crippen LogP contribution in [0.1, 0.15) is 0 Å². The van der Waals surface area contributed by atoms with Gasteiger partial charge < -0.3 is 13.9 Å². The second-order valence-electron chi connectivity index (χ2n) is 3.56. The molecule has 0 N–H and O–H groups in total. The average Bonchev–Trinajstić information content (AvgIpc) is 2.36. The standard InChI is InChI=1S/C12H6Cl4O3P.K/c13-7-1-3-11(9(15)5-7)18-20(17)19-12-4-2-8(14)6-10(12)16;/h1-6H;/q-1;+1. The van der Waals surface area contributed by atoms with E-state index < -0.39 is 8.60 Å². The van der Waals surface area contributed by atoms with E-state index in [9.17, 15) is 4.89 Å². The fourth-order valence-corrected chi connectivity index (χ4v) is 2.96. The topological polar surface area (TPSA) is 41.5 Å². The van der Waals surface area contributed by atoms with Crippen LogP contribution in [-0.2, 0) is 0 Å². The molecule has 3 nitrogen and oxygen atoms in total. The van der Waals surface area contributed by atoms with Crippen LogP contribution in [0.2, 0.25) is 20.1 Å². The summed E-state index contributed by atoms with van der Waals surface area (Å²) in [4.78, 5) is 11.8. The Labute approximate surface area is 185 Å². The molecule has 0 fully saturated rings. The molecule has 2 rings (SSSR count). The van der Waals surface area contributed by atoms with Gasteiger partial charge in [-0.15, -0.1) is 0 Å². The van der Waals surface area contributed by atoms with Crippen molar-refractivity contribution in [2.75, 3.05) is 0 Å². The number of halogens is 4. The van der Waals surface area contributed by atoms with Gasteiger partial charge in [-0.25, -0.2) is 0 Å². The summed E-state index contributed by atoms with van der Waals surface area (Å²) in [6, 6.07) is 9.03. The minimum absolute atomic E-state index is 0. The molecule has 0 aromatic heterocycles. The molecule has 2 aromatic rings. The van der Waals surface area contributed by atoms with Gasteiger partial charge in [-0.2, -0.15) is 0 Å². The van der Waals surface area contributed by atoms with Crippen LogP contribution in [0, 0.1) is 0 Å². The third-order valence-electron chi connectivity index (χ3n) is 2.13. The van der Waals surface area contributed by atoms with E-state index in [4.69, 9.17) is 55.5 Å². The summed E-state index contributed by atoms with van der Waals surface area (Å²) >= 11 is 23.3. The van der Waals surface area contributed by atoms with E-state index in [2.05, 4.69) is 0 Å². The molecule has 2 aromatic carbocycles. The first kappa shape index (κ1) is 20.3. The predicted molar refractivity (Wildman–Crippen MR) is 81.1 cm³/mol. The third kappa shape index (κ3) is 6.32. The predicted octanol–water partition coefficient (Wildman–Crippen LogP) is 2.35. The molecule has 0 saturated heterocycles. The SMILES string of the molecule is [K+].[O-]P(Oc1ccc(Cl)cc1Cl)Oc1ccc(Cl)cc1Cl. The second-order valence-corrected chi connectivity index (χ2v) is 6.06. The largest absolute Gasteiger partial charge is 1.00 e. The first-order chi connectivity index (χ1) is 9.45. The van der Waals surface area contributed by atoms with Crippen molar-refractivity contribution >= 4 is 55.0 Å². The van der Waals surface area contributed by atoms with Gasteiger partial charge in [-0.1, -0.05) is 46.4 Å². The van der Waals surface area contributed by atoms with E-state index in [1.165, 1.54) is 24.3 Å². The Morgan fingerprint density at radius 3 is 1.48 bits per heavy atom. The summed E-state index contributed by atoms with van der Waals surface area (Å²) in [5.41, 5.74) is 0. The van der Waals surface area contributed by atoms with Gasteiger partial charge in [0.1, 0.15) is 11.5 Å². The van der Waals surface area contributed by atoms with Crippen LogP contribution >= 0.6 is 55.0 Å². The Morgan fingerprint density at radius 1 is 0.762 bits per heavy atom. The van der Waals surface area contributed by atoms with Gasteiger partial charge in [0.2, 0.25) is 8.60 Å². The molecule has 106 valence electrons. The van der Waals surface area contributed by atoms with E-state index in [0.29, 0.717) is 10.0 Å². The molecule has 0 aliphatic heterocycles. The monoisotopic (exact) mass is 408 g/mol. The third-order valence-corrected chi connectivity index (χ3v) is 3.89. The Hall–Kier alpha value is 1.23. The minimum atomic E-state index is -2.49. The summed E-state index contributed by atoms with van der Waals surface area (Å²) in [5.74, 6) is 0.393. The van der Waals surface area contributed by atoms with Gasteiger partial charge in [-0.05, 0) is 36.4 Å². The van der Waals surface area contributed by atoms with Crippen LogP contribution in [0.25, 0.3) is 0 Å². The molecule has 0 saturated carbocycles. The number of benzene rings is 2. The molecule has 0 aliphatic rings. The molecule has 0 amide bonds. The zero-order valence-corrected chi connectivity index (χ0v) is 17.7. The van der Waals surface area contributed by atoms with Gasteiger partial charge in [0.25, 0.3) is 0 Å². The molecule has 0 unspecified atom stereocenters. The fourth-order valence-electron chi connectivity index (χ4n) is 1.28. The van der Waals surface area contributed by atoms with Crippen LogP contribution in [0.5, 0.6) is 11.5 Å². The van der Waals surface area contributed by atoms with Gasteiger partial charge in [0, 0.05) is 10.0 Å². The first-order valence-electron chi connectivity index (χ1n) is 5.19. The molecular weight excluding hydrogens is 404 g/mol. The maximum Gasteiger partial charge on any atom is 1.00 e. The summed E-state index contributed by atoms with van der Waals surface area (Å²) in [5, 5.41) is 1.34. The van der Waals surface area contributed by atoms with E-state index in [-0.39, 0.29) is 72.9 Å². The maximum absolute atomic E-state index is 11.8. The van der Waals surface area contributed by atoms with Gasteiger partial charge >= 0.3 is 51.4 Å². The van der Waals surface area contributed by atoms with Gasteiger partial charge in [0.05, 0.1) is 10.0 Å². The van der Waals surface area contributed by atoms with Crippen molar-refractivity contribution in [2.24, 2.45) is 0 Å². The Bertz CT molecular complexity index is 576. The Morgan fingerprint density at radius 2 is 1.14 bits per heavy atom. The Kier molecular flexibility index (Phi) is 9.17. The van der Waals surface area contributed by atoms with Gasteiger partial charge in [0.15, 0.2) is 0 Å². The van der Waals surface area contributed by atoms with Crippen molar-refractivity contribution in [2.45, 2.75) is 0 Å². The van der Waals surface area contributed by atoms with Crippen molar-refractivity contribution in [3.8, 4) is 11.5 Å². The molecule has 0 bridgehead atoms.